The number of nitrogens with zero attached hydrogens (tertiary/aromatic N) is 4. The predicted molar refractivity (Wildman–Crippen MR) is 141 cm³/mol. The van der Waals surface area contributed by atoms with Gasteiger partial charge in [0.05, 0.1) is 17.6 Å². The van der Waals surface area contributed by atoms with Gasteiger partial charge in [-0.3, -0.25) is 9.21 Å². The summed E-state index contributed by atoms with van der Waals surface area (Å²) in [6, 6.07) is 15.2. The molecule has 0 bridgehead atoms. The van der Waals surface area contributed by atoms with Gasteiger partial charge in [-0.1, -0.05) is 53.7 Å². The second-order valence-electron chi connectivity index (χ2n) is 10.8. The molecular weight excluding hydrogens is 548 g/mol. The average Bonchev–Trinajstić information content (AvgIpc) is 3.44. The number of hydrogen-bond acceptors (Lipinski definition) is 6. The SMILES string of the molecule is Cc1cc(-c2nc(-c3ccc(C(C)(C)C(F)(F)F)cc3)no2)nn1Cc1cccc(CC(C)(C)OP(=O)(O)O)c1. The van der Waals surface area contributed by atoms with Crippen molar-refractivity contribution in [1.82, 2.24) is 19.9 Å². The lowest BCUT2D eigenvalue weighted by molar-refractivity contribution is -0.180. The van der Waals surface area contributed by atoms with Gasteiger partial charge in [-0.05, 0) is 57.4 Å². The van der Waals surface area contributed by atoms with E-state index in [1.54, 1.807) is 24.6 Å². The summed E-state index contributed by atoms with van der Waals surface area (Å²) in [4.78, 5) is 22.7. The van der Waals surface area contributed by atoms with E-state index in [2.05, 4.69) is 15.2 Å². The highest BCUT2D eigenvalue weighted by Crippen LogP contribution is 2.42. The minimum atomic E-state index is -4.63. The van der Waals surface area contributed by atoms with Crippen molar-refractivity contribution < 1.29 is 36.6 Å². The number of aromatic nitrogens is 4. The molecule has 0 radical (unpaired) electrons. The first kappa shape index (κ1) is 29.7. The van der Waals surface area contributed by atoms with Crippen LogP contribution in [0.3, 0.4) is 0 Å². The Kier molecular flexibility index (Phi) is 7.85. The molecule has 0 amide bonds. The van der Waals surface area contributed by atoms with Crippen LogP contribution in [-0.4, -0.2) is 41.5 Å². The molecule has 0 saturated carbocycles. The van der Waals surface area contributed by atoms with Crippen molar-refractivity contribution in [3.63, 3.8) is 0 Å². The number of hydrogen-bond donors (Lipinski definition) is 2. The number of phosphoric acid groups is 1. The molecular formula is C27H30F3N4O5P. The zero-order chi connectivity index (χ0) is 29.5. The van der Waals surface area contributed by atoms with Crippen molar-refractivity contribution in [2.24, 2.45) is 0 Å². The molecule has 0 aliphatic rings. The van der Waals surface area contributed by atoms with Gasteiger partial charge in [0.25, 0.3) is 5.89 Å². The Morgan fingerprint density at radius 3 is 2.27 bits per heavy atom. The van der Waals surface area contributed by atoms with Crippen LogP contribution in [0.25, 0.3) is 23.0 Å². The number of benzene rings is 2. The first-order valence-corrected chi connectivity index (χ1v) is 13.9. The number of aryl methyl sites for hydroxylation is 1. The molecule has 4 aromatic rings. The molecule has 9 nitrogen and oxygen atoms in total. The molecule has 0 aliphatic heterocycles. The lowest BCUT2D eigenvalue weighted by atomic mass is 9.83. The molecule has 2 aromatic carbocycles. The topological polar surface area (TPSA) is 124 Å². The lowest BCUT2D eigenvalue weighted by Crippen LogP contribution is -2.36. The number of rotatable bonds is 9. The third kappa shape index (κ3) is 6.87. The van der Waals surface area contributed by atoms with E-state index >= 15 is 0 Å². The highest BCUT2D eigenvalue weighted by Gasteiger charge is 2.48. The van der Waals surface area contributed by atoms with Gasteiger partial charge in [-0.25, -0.2) is 4.57 Å². The molecule has 2 N–H and O–H groups in total. The quantitative estimate of drug-likeness (QED) is 0.224. The van der Waals surface area contributed by atoms with Crippen LogP contribution in [0, 0.1) is 6.92 Å². The molecule has 0 unspecified atom stereocenters. The van der Waals surface area contributed by atoms with E-state index in [0.717, 1.165) is 30.7 Å². The molecule has 4 rings (SSSR count). The fourth-order valence-electron chi connectivity index (χ4n) is 4.28. The summed E-state index contributed by atoms with van der Waals surface area (Å²) in [5.41, 5.74) is 0.589. The Labute approximate surface area is 229 Å². The fraction of sp³-hybridized carbons (Fsp3) is 0.370. The van der Waals surface area contributed by atoms with Crippen LogP contribution in [-0.2, 0) is 27.5 Å². The molecule has 0 fully saturated rings. The van der Waals surface area contributed by atoms with Crippen molar-refractivity contribution in [2.75, 3.05) is 0 Å². The maximum Gasteiger partial charge on any atom is 0.470 e. The largest absolute Gasteiger partial charge is 0.470 e. The maximum absolute atomic E-state index is 13.4. The van der Waals surface area contributed by atoms with Crippen molar-refractivity contribution in [3.05, 3.63) is 77.0 Å². The highest BCUT2D eigenvalue weighted by molar-refractivity contribution is 7.46. The molecule has 2 heterocycles. The number of alkyl halides is 3. The van der Waals surface area contributed by atoms with Gasteiger partial charge >= 0.3 is 14.0 Å². The first-order chi connectivity index (χ1) is 18.4. The zero-order valence-electron chi connectivity index (χ0n) is 22.6. The number of halogens is 3. The van der Waals surface area contributed by atoms with E-state index in [-0.39, 0.29) is 23.7 Å². The summed E-state index contributed by atoms with van der Waals surface area (Å²) in [7, 11) is -4.63. The van der Waals surface area contributed by atoms with E-state index in [1.165, 1.54) is 24.3 Å². The third-order valence-corrected chi connectivity index (χ3v) is 7.25. The normalized spacial score (nSPS) is 13.2. The molecule has 0 atom stereocenters. The first-order valence-electron chi connectivity index (χ1n) is 12.3. The van der Waals surface area contributed by atoms with Crippen molar-refractivity contribution in [2.45, 2.75) is 64.8 Å². The Bertz CT molecular complexity index is 1540. The molecule has 0 spiro atoms. The van der Waals surface area contributed by atoms with Crippen LogP contribution < -0.4 is 0 Å². The van der Waals surface area contributed by atoms with Gasteiger partial charge in [0.1, 0.15) is 0 Å². The predicted octanol–water partition coefficient (Wildman–Crippen LogP) is 6.23. The molecule has 2 aromatic heterocycles. The van der Waals surface area contributed by atoms with Crippen LogP contribution in [0.1, 0.15) is 50.1 Å². The lowest BCUT2D eigenvalue weighted by Gasteiger charge is -2.28. The van der Waals surface area contributed by atoms with E-state index in [1.807, 2.05) is 31.2 Å². The molecule has 40 heavy (non-hydrogen) atoms. The van der Waals surface area contributed by atoms with Crippen LogP contribution in [0.15, 0.2) is 59.1 Å². The fourth-order valence-corrected chi connectivity index (χ4v) is 4.98. The van der Waals surface area contributed by atoms with E-state index in [4.69, 9.17) is 18.8 Å². The summed E-state index contributed by atoms with van der Waals surface area (Å²) in [5.74, 6) is 0.396. The van der Waals surface area contributed by atoms with Crippen LogP contribution >= 0.6 is 7.82 Å². The van der Waals surface area contributed by atoms with E-state index in [0.29, 0.717) is 17.8 Å². The highest BCUT2D eigenvalue weighted by atomic mass is 31.2. The average molecular weight is 579 g/mol. The summed E-state index contributed by atoms with van der Waals surface area (Å²) < 4.78 is 63.4. The summed E-state index contributed by atoms with van der Waals surface area (Å²) >= 11 is 0. The van der Waals surface area contributed by atoms with Crippen LogP contribution in [0.4, 0.5) is 13.2 Å². The summed E-state index contributed by atoms with van der Waals surface area (Å²) in [6.07, 6.45) is -4.10. The summed E-state index contributed by atoms with van der Waals surface area (Å²) in [6.45, 7) is 7.76. The van der Waals surface area contributed by atoms with Crippen molar-refractivity contribution in [1.29, 1.82) is 0 Å². The number of phosphoric ester groups is 1. The smallest absolute Gasteiger partial charge is 0.332 e. The monoisotopic (exact) mass is 578 g/mol. The Morgan fingerprint density at radius 2 is 1.65 bits per heavy atom. The standard InChI is InChI=1S/C27H30F3N4O5P/c1-17-13-22(24-31-23(33-38-24)20-9-11-21(12-10-20)26(4,5)27(28,29)30)32-34(17)16-19-8-6-7-18(14-19)15-25(2,3)39-40(35,36)37/h6-14H,15-16H2,1-5H3,(H2,35,36,37). The van der Waals surface area contributed by atoms with Crippen molar-refractivity contribution >= 4 is 7.82 Å². The maximum atomic E-state index is 13.4. The molecule has 13 heteroatoms. The minimum absolute atomic E-state index is 0.129. The van der Waals surface area contributed by atoms with Gasteiger partial charge < -0.3 is 14.3 Å². The van der Waals surface area contributed by atoms with Crippen molar-refractivity contribution in [3.8, 4) is 23.0 Å². The minimum Gasteiger partial charge on any atom is -0.332 e. The van der Waals surface area contributed by atoms with Crippen LogP contribution in [0.2, 0.25) is 0 Å². The second kappa shape index (κ2) is 10.6. The van der Waals surface area contributed by atoms with Gasteiger partial charge in [0.15, 0.2) is 5.69 Å². The van der Waals surface area contributed by atoms with E-state index in [9.17, 15) is 17.7 Å². The summed E-state index contributed by atoms with van der Waals surface area (Å²) in [5, 5.41) is 8.55. The second-order valence-corrected chi connectivity index (χ2v) is 12.0. The molecule has 214 valence electrons. The zero-order valence-corrected chi connectivity index (χ0v) is 23.5. The third-order valence-electron chi connectivity index (χ3n) is 6.52. The van der Waals surface area contributed by atoms with Gasteiger partial charge in [0.2, 0.25) is 5.82 Å². The Hall–Kier alpha value is -3.31. The van der Waals surface area contributed by atoms with Gasteiger partial charge in [-0.15, -0.1) is 0 Å². The van der Waals surface area contributed by atoms with Gasteiger partial charge in [-0.2, -0.15) is 23.3 Å². The Morgan fingerprint density at radius 1 is 1.00 bits per heavy atom. The van der Waals surface area contributed by atoms with Gasteiger partial charge in [0, 0.05) is 17.7 Å². The van der Waals surface area contributed by atoms with E-state index < -0.39 is 25.0 Å². The van der Waals surface area contributed by atoms with Crippen LogP contribution in [0.5, 0.6) is 0 Å². The Balaban J connectivity index is 1.49. The molecule has 0 saturated heterocycles. The molecule has 0 aliphatic carbocycles.